The molecule has 1 atom stereocenters. The summed E-state index contributed by atoms with van der Waals surface area (Å²) < 4.78 is 5.16. The molecule has 1 aromatic rings. The van der Waals surface area contributed by atoms with E-state index in [4.69, 9.17) is 4.74 Å². The van der Waals surface area contributed by atoms with E-state index in [1.807, 2.05) is 26.0 Å². The summed E-state index contributed by atoms with van der Waals surface area (Å²) in [5.74, 6) is 0.313. The van der Waals surface area contributed by atoms with E-state index in [0.29, 0.717) is 17.5 Å². The highest BCUT2D eigenvalue weighted by Gasteiger charge is 2.12. The van der Waals surface area contributed by atoms with Crippen LogP contribution in [0.1, 0.15) is 51.4 Å². The van der Waals surface area contributed by atoms with E-state index in [2.05, 4.69) is 26.1 Å². The molecule has 3 heteroatoms. The van der Waals surface area contributed by atoms with Crippen molar-refractivity contribution in [2.45, 2.75) is 53.2 Å². The zero-order chi connectivity index (χ0) is 14.4. The fourth-order valence-corrected chi connectivity index (χ4v) is 1.94. The first-order chi connectivity index (χ1) is 8.93. The lowest BCUT2D eigenvalue weighted by molar-refractivity contribution is 0.0378. The Labute approximate surface area is 116 Å². The van der Waals surface area contributed by atoms with Crippen LogP contribution in [0.15, 0.2) is 24.3 Å². The van der Waals surface area contributed by atoms with Gasteiger partial charge in [0.25, 0.3) is 0 Å². The molecule has 0 aliphatic rings. The lowest BCUT2D eigenvalue weighted by atomic mass is 10.0. The van der Waals surface area contributed by atoms with E-state index in [1.54, 1.807) is 12.1 Å². The van der Waals surface area contributed by atoms with E-state index in [0.717, 1.165) is 12.1 Å². The Morgan fingerprint density at radius 3 is 2.16 bits per heavy atom. The largest absolute Gasteiger partial charge is 0.459 e. The summed E-state index contributed by atoms with van der Waals surface area (Å²) in [6, 6.07) is 7.93. The molecule has 0 aliphatic carbocycles. The van der Waals surface area contributed by atoms with Gasteiger partial charge in [-0.25, -0.2) is 4.79 Å². The first-order valence-electron chi connectivity index (χ1n) is 7.01. The lowest BCUT2D eigenvalue weighted by Gasteiger charge is -2.22. The fraction of sp³-hybridized carbons (Fsp3) is 0.562. The predicted octanol–water partition coefficient (Wildman–Crippen LogP) is 4.10. The Morgan fingerprint density at radius 2 is 1.74 bits per heavy atom. The minimum atomic E-state index is -0.266. The van der Waals surface area contributed by atoms with Gasteiger partial charge in [0.15, 0.2) is 0 Å². The van der Waals surface area contributed by atoms with Gasteiger partial charge in [-0.1, -0.05) is 20.8 Å². The number of carbonyl (C=O) groups is 1. The molecule has 0 radical (unpaired) electrons. The number of ether oxygens (including phenoxy) is 1. The molecule has 0 aromatic heterocycles. The third-order valence-electron chi connectivity index (χ3n) is 3.06. The summed E-state index contributed by atoms with van der Waals surface area (Å²) >= 11 is 0. The molecule has 1 N–H and O–H groups in total. The van der Waals surface area contributed by atoms with Crippen molar-refractivity contribution in [2.75, 3.05) is 5.32 Å². The van der Waals surface area contributed by atoms with Gasteiger partial charge < -0.3 is 10.1 Å². The normalized spacial score (nSPS) is 12.6. The molecule has 0 saturated carbocycles. The van der Waals surface area contributed by atoms with E-state index >= 15 is 0 Å². The Hall–Kier alpha value is -1.51. The number of esters is 1. The third kappa shape index (κ3) is 4.93. The summed E-state index contributed by atoms with van der Waals surface area (Å²) in [4.78, 5) is 11.7. The molecule has 1 aromatic carbocycles. The highest BCUT2D eigenvalue weighted by atomic mass is 16.5. The van der Waals surface area contributed by atoms with Crippen molar-refractivity contribution in [3.63, 3.8) is 0 Å². The van der Waals surface area contributed by atoms with Crippen LogP contribution >= 0.6 is 0 Å². The summed E-state index contributed by atoms with van der Waals surface area (Å²) in [7, 11) is 0. The van der Waals surface area contributed by atoms with Crippen LogP contribution in [0.2, 0.25) is 0 Å². The van der Waals surface area contributed by atoms with Crippen LogP contribution in [0.5, 0.6) is 0 Å². The van der Waals surface area contributed by atoms with Gasteiger partial charge >= 0.3 is 5.97 Å². The number of hydrogen-bond acceptors (Lipinski definition) is 3. The maximum atomic E-state index is 11.7. The van der Waals surface area contributed by atoms with E-state index < -0.39 is 0 Å². The fourth-order valence-electron chi connectivity index (χ4n) is 1.94. The first-order valence-corrected chi connectivity index (χ1v) is 7.01. The highest BCUT2D eigenvalue weighted by molar-refractivity contribution is 5.89. The van der Waals surface area contributed by atoms with Gasteiger partial charge in [-0.3, -0.25) is 0 Å². The summed E-state index contributed by atoms with van der Waals surface area (Å²) in [6.07, 6.45) is 0.991. The maximum absolute atomic E-state index is 11.7. The van der Waals surface area contributed by atoms with Gasteiger partial charge in [-0.2, -0.15) is 0 Å². The number of rotatable bonds is 6. The number of nitrogens with one attached hydrogen (secondary N) is 1. The zero-order valence-corrected chi connectivity index (χ0v) is 12.6. The molecular formula is C16H25NO2. The van der Waals surface area contributed by atoms with Gasteiger partial charge in [0, 0.05) is 11.7 Å². The predicted molar refractivity (Wildman–Crippen MR) is 79.5 cm³/mol. The van der Waals surface area contributed by atoms with Gasteiger partial charge in [0.2, 0.25) is 0 Å². The molecule has 0 aliphatic heterocycles. The molecule has 0 fully saturated rings. The molecule has 0 spiro atoms. The van der Waals surface area contributed by atoms with Crippen molar-refractivity contribution in [2.24, 2.45) is 5.92 Å². The third-order valence-corrected chi connectivity index (χ3v) is 3.06. The Balaban J connectivity index is 2.68. The Morgan fingerprint density at radius 1 is 1.16 bits per heavy atom. The molecule has 1 rings (SSSR count). The zero-order valence-electron chi connectivity index (χ0n) is 12.6. The second kappa shape index (κ2) is 7.17. The molecule has 106 valence electrons. The second-order valence-electron chi connectivity index (χ2n) is 5.43. The smallest absolute Gasteiger partial charge is 0.338 e. The van der Waals surface area contributed by atoms with Gasteiger partial charge in [-0.15, -0.1) is 0 Å². The molecule has 0 heterocycles. The summed E-state index contributed by atoms with van der Waals surface area (Å²) in [5.41, 5.74) is 1.64. The van der Waals surface area contributed by atoms with Crippen LogP contribution in [-0.4, -0.2) is 18.1 Å². The average molecular weight is 263 g/mol. The summed E-state index contributed by atoms with van der Waals surface area (Å²) in [6.45, 7) is 10.3. The quantitative estimate of drug-likeness (QED) is 0.785. The van der Waals surface area contributed by atoms with Crippen LogP contribution < -0.4 is 5.32 Å². The average Bonchev–Trinajstić information content (AvgIpc) is 2.35. The summed E-state index contributed by atoms with van der Waals surface area (Å²) in [5, 5.41) is 3.48. The van der Waals surface area contributed by atoms with E-state index in [1.165, 1.54) is 0 Å². The molecule has 3 nitrogen and oxygen atoms in total. The molecule has 0 saturated heterocycles. The van der Waals surface area contributed by atoms with Crippen molar-refractivity contribution in [1.29, 1.82) is 0 Å². The van der Waals surface area contributed by atoms with Crippen molar-refractivity contribution < 1.29 is 9.53 Å². The monoisotopic (exact) mass is 263 g/mol. The Bertz CT molecular complexity index is 396. The van der Waals surface area contributed by atoms with Crippen LogP contribution in [0, 0.1) is 5.92 Å². The standard InChI is InChI=1S/C16H25NO2/c1-6-15(11(2)3)17-14-9-7-13(8-10-14)16(18)19-12(4)5/h7-12,15,17H,6H2,1-5H3. The van der Waals surface area contributed by atoms with Gasteiger partial charge in [0.1, 0.15) is 0 Å². The minimum absolute atomic E-state index is 0.0873. The van der Waals surface area contributed by atoms with E-state index in [-0.39, 0.29) is 12.1 Å². The van der Waals surface area contributed by atoms with Crippen LogP contribution in [0.3, 0.4) is 0 Å². The number of anilines is 1. The van der Waals surface area contributed by atoms with Crippen molar-refractivity contribution >= 4 is 11.7 Å². The number of benzene rings is 1. The molecule has 0 amide bonds. The van der Waals surface area contributed by atoms with E-state index in [9.17, 15) is 4.79 Å². The molecular weight excluding hydrogens is 238 g/mol. The maximum Gasteiger partial charge on any atom is 0.338 e. The van der Waals surface area contributed by atoms with Gasteiger partial charge in [0.05, 0.1) is 11.7 Å². The molecule has 0 bridgehead atoms. The molecule has 1 unspecified atom stereocenters. The van der Waals surface area contributed by atoms with Crippen LogP contribution in [0.25, 0.3) is 0 Å². The minimum Gasteiger partial charge on any atom is -0.459 e. The highest BCUT2D eigenvalue weighted by Crippen LogP contribution is 2.16. The molecule has 19 heavy (non-hydrogen) atoms. The van der Waals surface area contributed by atoms with Gasteiger partial charge in [-0.05, 0) is 50.5 Å². The van der Waals surface area contributed by atoms with Crippen molar-refractivity contribution in [3.05, 3.63) is 29.8 Å². The Kier molecular flexibility index (Phi) is 5.87. The van der Waals surface area contributed by atoms with Crippen molar-refractivity contribution in [1.82, 2.24) is 0 Å². The topological polar surface area (TPSA) is 38.3 Å². The number of hydrogen-bond donors (Lipinski definition) is 1. The second-order valence-corrected chi connectivity index (χ2v) is 5.43. The van der Waals surface area contributed by atoms with Crippen LogP contribution in [-0.2, 0) is 4.74 Å². The lowest BCUT2D eigenvalue weighted by Crippen LogP contribution is -2.24. The number of carbonyl (C=O) groups excluding carboxylic acids is 1. The van der Waals surface area contributed by atoms with Crippen LogP contribution in [0.4, 0.5) is 5.69 Å². The SMILES string of the molecule is CCC(Nc1ccc(C(=O)OC(C)C)cc1)C(C)C. The van der Waals surface area contributed by atoms with Crippen molar-refractivity contribution in [3.8, 4) is 0 Å². The first kappa shape index (κ1) is 15.5.